The molecule has 0 atom stereocenters. The standard InChI is InChI=1S/C22H34N4O2S.HI/c1-5-28-20-15-18(11-12-19(20)27-4)9-8-14-25-22(23-3)24-13-7-6-10-21-26-17(2)16-29-21;/h11-12,15-16H,5-10,13-14H2,1-4H3,(H2,23,24,25);1H. The van der Waals surface area contributed by atoms with Crippen LogP contribution in [0.4, 0.5) is 0 Å². The monoisotopic (exact) mass is 546 g/mol. The highest BCUT2D eigenvalue weighted by Crippen LogP contribution is 2.28. The van der Waals surface area contributed by atoms with Gasteiger partial charge in [-0.15, -0.1) is 35.3 Å². The van der Waals surface area contributed by atoms with Crippen LogP contribution in [0.25, 0.3) is 0 Å². The minimum absolute atomic E-state index is 0. The molecule has 1 heterocycles. The molecular formula is C22H35IN4O2S. The van der Waals surface area contributed by atoms with E-state index < -0.39 is 0 Å². The number of guanidine groups is 1. The maximum absolute atomic E-state index is 5.65. The van der Waals surface area contributed by atoms with Gasteiger partial charge in [-0.05, 0) is 63.6 Å². The van der Waals surface area contributed by atoms with Crippen molar-refractivity contribution in [2.75, 3.05) is 33.9 Å². The predicted molar refractivity (Wildman–Crippen MR) is 137 cm³/mol. The second-order valence-electron chi connectivity index (χ2n) is 6.79. The Hall–Kier alpha value is -1.55. The number of aliphatic imine (C=N–C) groups is 1. The summed E-state index contributed by atoms with van der Waals surface area (Å²) in [5.41, 5.74) is 2.37. The Labute approximate surface area is 201 Å². The summed E-state index contributed by atoms with van der Waals surface area (Å²) in [4.78, 5) is 8.81. The molecule has 6 nitrogen and oxygen atoms in total. The second-order valence-corrected chi connectivity index (χ2v) is 7.73. The summed E-state index contributed by atoms with van der Waals surface area (Å²) in [6, 6.07) is 6.14. The number of aryl methyl sites for hydroxylation is 3. The second kappa shape index (κ2) is 15.3. The zero-order valence-electron chi connectivity index (χ0n) is 18.5. The molecule has 1 aromatic carbocycles. The van der Waals surface area contributed by atoms with Gasteiger partial charge in [-0.2, -0.15) is 0 Å². The Bertz CT molecular complexity index is 767. The molecule has 0 unspecified atom stereocenters. The maximum atomic E-state index is 5.65. The summed E-state index contributed by atoms with van der Waals surface area (Å²) in [7, 11) is 3.48. The van der Waals surface area contributed by atoms with Crippen molar-refractivity contribution in [3.05, 3.63) is 39.8 Å². The summed E-state index contributed by atoms with van der Waals surface area (Å²) in [5, 5.41) is 10.1. The third-order valence-electron chi connectivity index (χ3n) is 4.46. The lowest BCUT2D eigenvalue weighted by atomic mass is 10.1. The molecule has 0 aliphatic heterocycles. The van der Waals surface area contributed by atoms with Crippen molar-refractivity contribution in [1.82, 2.24) is 15.6 Å². The predicted octanol–water partition coefficient (Wildman–Crippen LogP) is 4.60. The van der Waals surface area contributed by atoms with Crippen LogP contribution < -0.4 is 20.1 Å². The van der Waals surface area contributed by atoms with E-state index in [1.807, 2.05) is 27.0 Å². The smallest absolute Gasteiger partial charge is 0.190 e. The fraction of sp³-hybridized carbons (Fsp3) is 0.545. The fourth-order valence-corrected chi connectivity index (χ4v) is 3.81. The zero-order chi connectivity index (χ0) is 20.9. The van der Waals surface area contributed by atoms with Crippen LogP contribution in [0, 0.1) is 6.92 Å². The number of aromatic nitrogens is 1. The van der Waals surface area contributed by atoms with E-state index in [9.17, 15) is 0 Å². The van der Waals surface area contributed by atoms with E-state index in [1.54, 1.807) is 18.4 Å². The highest BCUT2D eigenvalue weighted by molar-refractivity contribution is 14.0. The highest BCUT2D eigenvalue weighted by atomic mass is 127. The first-order chi connectivity index (χ1) is 14.2. The number of rotatable bonds is 12. The van der Waals surface area contributed by atoms with Gasteiger partial charge >= 0.3 is 0 Å². The average molecular weight is 547 g/mol. The summed E-state index contributed by atoms with van der Waals surface area (Å²) < 4.78 is 11.0. The Kier molecular flexibility index (Phi) is 13.5. The molecule has 0 fully saturated rings. The first kappa shape index (κ1) is 26.5. The van der Waals surface area contributed by atoms with Gasteiger partial charge in [-0.1, -0.05) is 6.07 Å². The lowest BCUT2D eigenvalue weighted by Crippen LogP contribution is -2.38. The van der Waals surface area contributed by atoms with Gasteiger partial charge in [0.15, 0.2) is 17.5 Å². The molecule has 0 spiro atoms. The number of nitrogens with one attached hydrogen (secondary N) is 2. The van der Waals surface area contributed by atoms with Crippen LogP contribution in [0.3, 0.4) is 0 Å². The van der Waals surface area contributed by atoms with Gasteiger partial charge in [0.2, 0.25) is 0 Å². The van der Waals surface area contributed by atoms with E-state index in [0.29, 0.717) is 6.61 Å². The zero-order valence-corrected chi connectivity index (χ0v) is 21.6. The minimum atomic E-state index is 0. The summed E-state index contributed by atoms with van der Waals surface area (Å²) >= 11 is 1.75. The molecule has 0 saturated heterocycles. The SMILES string of the molecule is CCOc1cc(CCCNC(=NC)NCCCCc2nc(C)cs2)ccc1OC.I. The van der Waals surface area contributed by atoms with Crippen LogP contribution in [0.2, 0.25) is 0 Å². The van der Waals surface area contributed by atoms with Crippen LogP contribution in [0.5, 0.6) is 11.5 Å². The molecule has 0 aliphatic carbocycles. The summed E-state index contributed by atoms with van der Waals surface area (Å²) in [6.45, 7) is 6.44. The molecule has 0 saturated carbocycles. The molecule has 0 amide bonds. The van der Waals surface area contributed by atoms with Crippen LogP contribution in [-0.2, 0) is 12.8 Å². The van der Waals surface area contributed by atoms with Crippen LogP contribution in [0.1, 0.15) is 42.5 Å². The molecular weight excluding hydrogens is 511 g/mol. The van der Waals surface area contributed by atoms with E-state index in [0.717, 1.165) is 68.3 Å². The lowest BCUT2D eigenvalue weighted by molar-refractivity contribution is 0.310. The Morgan fingerprint density at radius 2 is 1.87 bits per heavy atom. The molecule has 30 heavy (non-hydrogen) atoms. The molecule has 2 rings (SSSR count). The molecule has 168 valence electrons. The number of halogens is 1. The van der Waals surface area contributed by atoms with E-state index in [2.05, 4.69) is 38.1 Å². The van der Waals surface area contributed by atoms with Crippen LogP contribution in [-0.4, -0.2) is 44.8 Å². The Balaban J connectivity index is 0.00000450. The molecule has 0 radical (unpaired) electrons. The number of hydrogen-bond acceptors (Lipinski definition) is 5. The van der Waals surface area contributed by atoms with Crippen molar-refractivity contribution in [2.45, 2.75) is 46.0 Å². The number of hydrogen-bond donors (Lipinski definition) is 2. The van der Waals surface area contributed by atoms with E-state index in [4.69, 9.17) is 9.47 Å². The highest BCUT2D eigenvalue weighted by Gasteiger charge is 2.05. The molecule has 8 heteroatoms. The Morgan fingerprint density at radius 1 is 1.10 bits per heavy atom. The number of ether oxygens (including phenoxy) is 2. The minimum Gasteiger partial charge on any atom is -0.493 e. The number of benzene rings is 1. The molecule has 0 bridgehead atoms. The summed E-state index contributed by atoms with van der Waals surface area (Å²) in [6.07, 6.45) is 5.28. The normalized spacial score (nSPS) is 11.0. The van der Waals surface area contributed by atoms with E-state index >= 15 is 0 Å². The maximum Gasteiger partial charge on any atom is 0.190 e. The topological polar surface area (TPSA) is 67.8 Å². The van der Waals surface area contributed by atoms with E-state index in [1.165, 1.54) is 10.6 Å². The van der Waals surface area contributed by atoms with Crippen molar-refractivity contribution < 1.29 is 9.47 Å². The van der Waals surface area contributed by atoms with Crippen molar-refractivity contribution >= 4 is 41.3 Å². The average Bonchev–Trinajstić information content (AvgIpc) is 3.14. The molecule has 2 aromatic rings. The third-order valence-corrected chi connectivity index (χ3v) is 5.49. The number of nitrogens with zero attached hydrogens (tertiary/aromatic N) is 2. The number of methoxy groups -OCH3 is 1. The first-order valence-electron chi connectivity index (χ1n) is 10.3. The van der Waals surface area contributed by atoms with Crippen molar-refractivity contribution in [3.8, 4) is 11.5 Å². The van der Waals surface area contributed by atoms with Gasteiger partial charge in [0, 0.05) is 31.2 Å². The van der Waals surface area contributed by atoms with E-state index in [-0.39, 0.29) is 24.0 Å². The molecule has 0 aliphatic rings. The molecule has 2 N–H and O–H groups in total. The van der Waals surface area contributed by atoms with Crippen LogP contribution >= 0.6 is 35.3 Å². The van der Waals surface area contributed by atoms with Gasteiger partial charge in [0.25, 0.3) is 0 Å². The van der Waals surface area contributed by atoms with Gasteiger partial charge in [-0.3, -0.25) is 4.99 Å². The van der Waals surface area contributed by atoms with Crippen LogP contribution in [0.15, 0.2) is 28.6 Å². The fourth-order valence-electron chi connectivity index (χ4n) is 2.99. The van der Waals surface area contributed by atoms with Crippen molar-refractivity contribution in [2.24, 2.45) is 4.99 Å². The lowest BCUT2D eigenvalue weighted by Gasteiger charge is -2.13. The van der Waals surface area contributed by atoms with Gasteiger partial charge < -0.3 is 20.1 Å². The summed E-state index contributed by atoms with van der Waals surface area (Å²) in [5.74, 6) is 2.45. The molecule has 1 aromatic heterocycles. The third kappa shape index (κ3) is 9.51. The largest absolute Gasteiger partial charge is 0.493 e. The van der Waals surface area contributed by atoms with Crippen molar-refractivity contribution in [1.29, 1.82) is 0 Å². The van der Waals surface area contributed by atoms with Gasteiger partial charge in [0.1, 0.15) is 0 Å². The number of unbranched alkanes of at least 4 members (excludes halogenated alkanes) is 1. The van der Waals surface area contributed by atoms with Crippen molar-refractivity contribution in [3.63, 3.8) is 0 Å². The van der Waals surface area contributed by atoms with Gasteiger partial charge in [0.05, 0.1) is 18.7 Å². The van der Waals surface area contributed by atoms with Gasteiger partial charge in [-0.25, -0.2) is 4.98 Å². The number of thiazole rings is 1. The quantitative estimate of drug-likeness (QED) is 0.176. The first-order valence-corrected chi connectivity index (χ1v) is 11.2. The Morgan fingerprint density at radius 3 is 2.50 bits per heavy atom.